The van der Waals surface area contributed by atoms with Gasteiger partial charge in [-0.15, -0.1) is 0 Å². The van der Waals surface area contributed by atoms with Crippen LogP contribution in [0.2, 0.25) is 0 Å². The number of hydrogen-bond donors (Lipinski definition) is 1. The number of nitrogens with one attached hydrogen (secondary N) is 1. The van der Waals surface area contributed by atoms with E-state index in [-0.39, 0.29) is 30.4 Å². The van der Waals surface area contributed by atoms with E-state index in [1.807, 2.05) is 11.8 Å². The van der Waals surface area contributed by atoms with Gasteiger partial charge in [-0.25, -0.2) is 0 Å². The van der Waals surface area contributed by atoms with E-state index in [9.17, 15) is 9.59 Å². The molecule has 1 heterocycles. The van der Waals surface area contributed by atoms with Gasteiger partial charge < -0.3 is 10.2 Å². The Balaban J connectivity index is 2.21. The van der Waals surface area contributed by atoms with Crippen LogP contribution in [0.4, 0.5) is 0 Å². The summed E-state index contributed by atoms with van der Waals surface area (Å²) < 4.78 is 0. The van der Waals surface area contributed by atoms with Crippen LogP contribution in [0.3, 0.4) is 0 Å². The SMILES string of the molecule is CCC1C(=O)NCC(=O)N1C1CCC(C)C1C. The van der Waals surface area contributed by atoms with E-state index in [0.717, 1.165) is 12.8 Å². The van der Waals surface area contributed by atoms with E-state index in [1.54, 1.807) is 0 Å². The molecule has 0 aromatic carbocycles. The van der Waals surface area contributed by atoms with Crippen molar-refractivity contribution in [1.82, 2.24) is 10.2 Å². The third-order valence-corrected chi connectivity index (χ3v) is 4.51. The lowest BCUT2D eigenvalue weighted by atomic mass is 9.94. The lowest BCUT2D eigenvalue weighted by molar-refractivity contribution is -0.149. The van der Waals surface area contributed by atoms with Gasteiger partial charge in [-0.2, -0.15) is 0 Å². The Morgan fingerprint density at radius 1 is 1.29 bits per heavy atom. The van der Waals surface area contributed by atoms with Crippen molar-refractivity contribution in [3.8, 4) is 0 Å². The summed E-state index contributed by atoms with van der Waals surface area (Å²) in [5.74, 6) is 1.25. The first-order chi connectivity index (χ1) is 8.06. The number of carbonyl (C=O) groups is 2. The van der Waals surface area contributed by atoms with E-state index in [4.69, 9.17) is 0 Å². The van der Waals surface area contributed by atoms with Crippen molar-refractivity contribution >= 4 is 11.8 Å². The molecule has 1 saturated carbocycles. The van der Waals surface area contributed by atoms with Crippen molar-refractivity contribution in [2.45, 2.75) is 52.1 Å². The molecule has 4 atom stereocenters. The zero-order valence-electron chi connectivity index (χ0n) is 10.9. The van der Waals surface area contributed by atoms with Crippen molar-refractivity contribution in [3.05, 3.63) is 0 Å². The smallest absolute Gasteiger partial charge is 0.243 e. The minimum absolute atomic E-state index is 0.0128. The van der Waals surface area contributed by atoms with Crippen LogP contribution in [-0.4, -0.2) is 35.3 Å². The zero-order valence-corrected chi connectivity index (χ0v) is 10.9. The number of amides is 2. The molecule has 2 amide bonds. The fourth-order valence-corrected chi connectivity index (χ4v) is 3.20. The van der Waals surface area contributed by atoms with E-state index in [0.29, 0.717) is 18.3 Å². The van der Waals surface area contributed by atoms with Gasteiger partial charge in [-0.05, 0) is 31.1 Å². The number of hydrogen-bond acceptors (Lipinski definition) is 2. The summed E-state index contributed by atoms with van der Waals surface area (Å²) in [6.45, 7) is 6.58. The van der Waals surface area contributed by atoms with Crippen molar-refractivity contribution in [1.29, 1.82) is 0 Å². The average molecular weight is 238 g/mol. The second-order valence-corrected chi connectivity index (χ2v) is 5.42. The molecule has 1 aliphatic heterocycles. The summed E-state index contributed by atoms with van der Waals surface area (Å²) in [7, 11) is 0. The zero-order chi connectivity index (χ0) is 12.6. The Morgan fingerprint density at radius 2 is 2.00 bits per heavy atom. The summed E-state index contributed by atoms with van der Waals surface area (Å²) in [6.07, 6.45) is 2.90. The van der Waals surface area contributed by atoms with Gasteiger partial charge in [-0.1, -0.05) is 20.8 Å². The summed E-state index contributed by atoms with van der Waals surface area (Å²) >= 11 is 0. The van der Waals surface area contributed by atoms with E-state index in [2.05, 4.69) is 19.2 Å². The third-order valence-electron chi connectivity index (χ3n) is 4.51. The van der Waals surface area contributed by atoms with E-state index in [1.165, 1.54) is 0 Å². The minimum Gasteiger partial charge on any atom is -0.345 e. The van der Waals surface area contributed by atoms with Gasteiger partial charge in [0, 0.05) is 6.04 Å². The predicted molar refractivity (Wildman–Crippen MR) is 65.3 cm³/mol. The molecule has 1 aliphatic carbocycles. The second kappa shape index (κ2) is 4.67. The molecule has 0 aromatic rings. The van der Waals surface area contributed by atoms with Gasteiger partial charge in [0.2, 0.25) is 11.8 Å². The van der Waals surface area contributed by atoms with Crippen LogP contribution < -0.4 is 5.32 Å². The van der Waals surface area contributed by atoms with Gasteiger partial charge in [-0.3, -0.25) is 9.59 Å². The molecule has 17 heavy (non-hydrogen) atoms. The Kier molecular flexibility index (Phi) is 3.40. The van der Waals surface area contributed by atoms with Crippen LogP contribution in [0.5, 0.6) is 0 Å². The highest BCUT2D eigenvalue weighted by molar-refractivity contribution is 5.95. The first-order valence-corrected chi connectivity index (χ1v) is 6.65. The van der Waals surface area contributed by atoms with Crippen molar-refractivity contribution in [2.24, 2.45) is 11.8 Å². The fourth-order valence-electron chi connectivity index (χ4n) is 3.20. The van der Waals surface area contributed by atoms with Crippen molar-refractivity contribution in [2.75, 3.05) is 6.54 Å². The average Bonchev–Trinajstić information content (AvgIpc) is 2.63. The van der Waals surface area contributed by atoms with Crippen LogP contribution >= 0.6 is 0 Å². The van der Waals surface area contributed by atoms with Crippen LogP contribution in [0.15, 0.2) is 0 Å². The highest BCUT2D eigenvalue weighted by Crippen LogP contribution is 2.36. The quantitative estimate of drug-likeness (QED) is 0.784. The van der Waals surface area contributed by atoms with Gasteiger partial charge in [0.1, 0.15) is 6.04 Å². The van der Waals surface area contributed by atoms with Gasteiger partial charge in [0.25, 0.3) is 0 Å². The normalized spacial score (nSPS) is 38.4. The maximum absolute atomic E-state index is 12.1. The molecular formula is C13H22N2O2. The highest BCUT2D eigenvalue weighted by Gasteiger charge is 2.43. The number of piperazine rings is 1. The molecule has 1 saturated heterocycles. The van der Waals surface area contributed by atoms with Gasteiger partial charge in [0.05, 0.1) is 6.54 Å². The molecule has 96 valence electrons. The molecule has 0 spiro atoms. The monoisotopic (exact) mass is 238 g/mol. The molecule has 2 rings (SSSR count). The van der Waals surface area contributed by atoms with Crippen molar-refractivity contribution in [3.63, 3.8) is 0 Å². The maximum Gasteiger partial charge on any atom is 0.243 e. The topological polar surface area (TPSA) is 49.4 Å². The summed E-state index contributed by atoms with van der Waals surface area (Å²) in [5.41, 5.74) is 0. The third kappa shape index (κ3) is 2.05. The minimum atomic E-state index is -0.256. The lowest BCUT2D eigenvalue weighted by Crippen LogP contribution is -2.61. The standard InChI is InChI=1S/C13H22N2O2/c1-4-10-13(17)14-7-12(16)15(10)11-6-5-8(2)9(11)3/h8-11H,4-7H2,1-3H3,(H,14,17). The van der Waals surface area contributed by atoms with Crippen LogP contribution in [0, 0.1) is 11.8 Å². The number of nitrogens with zero attached hydrogens (tertiary/aromatic N) is 1. The van der Waals surface area contributed by atoms with Crippen LogP contribution in [0.1, 0.15) is 40.0 Å². The predicted octanol–water partition coefficient (Wildman–Crippen LogP) is 1.16. The Morgan fingerprint density at radius 3 is 2.53 bits per heavy atom. The summed E-state index contributed by atoms with van der Waals surface area (Å²) in [5, 5.41) is 2.68. The summed E-state index contributed by atoms with van der Waals surface area (Å²) in [4.78, 5) is 25.7. The van der Waals surface area contributed by atoms with Crippen LogP contribution in [-0.2, 0) is 9.59 Å². The molecule has 4 nitrogen and oxygen atoms in total. The second-order valence-electron chi connectivity index (χ2n) is 5.42. The van der Waals surface area contributed by atoms with Gasteiger partial charge >= 0.3 is 0 Å². The highest BCUT2D eigenvalue weighted by atomic mass is 16.2. The van der Waals surface area contributed by atoms with Crippen LogP contribution in [0.25, 0.3) is 0 Å². The van der Waals surface area contributed by atoms with Crippen molar-refractivity contribution < 1.29 is 9.59 Å². The molecule has 4 heteroatoms. The molecule has 2 aliphatic rings. The summed E-state index contributed by atoms with van der Waals surface area (Å²) in [6, 6.07) is 0.00231. The largest absolute Gasteiger partial charge is 0.345 e. The number of rotatable bonds is 2. The van der Waals surface area contributed by atoms with Gasteiger partial charge in [0.15, 0.2) is 0 Å². The molecule has 0 bridgehead atoms. The Labute approximate surface area is 103 Å². The molecular weight excluding hydrogens is 216 g/mol. The Hall–Kier alpha value is -1.06. The first-order valence-electron chi connectivity index (χ1n) is 6.65. The molecule has 1 N–H and O–H groups in total. The number of carbonyl (C=O) groups excluding carboxylic acids is 2. The molecule has 0 radical (unpaired) electrons. The first kappa shape index (κ1) is 12.4. The lowest BCUT2D eigenvalue weighted by Gasteiger charge is -2.40. The molecule has 4 unspecified atom stereocenters. The fraction of sp³-hybridized carbons (Fsp3) is 0.846. The molecule has 2 fully saturated rings. The van der Waals surface area contributed by atoms with E-state index < -0.39 is 0 Å². The maximum atomic E-state index is 12.1. The van der Waals surface area contributed by atoms with E-state index >= 15 is 0 Å². The molecule has 0 aromatic heterocycles. The Bertz CT molecular complexity index is 329.